The summed E-state index contributed by atoms with van der Waals surface area (Å²) in [5, 5.41) is 0. The van der Waals surface area contributed by atoms with Gasteiger partial charge >= 0.3 is 0 Å². The first-order valence-electron chi connectivity index (χ1n) is 4.43. The molecule has 0 fully saturated rings. The van der Waals surface area contributed by atoms with E-state index in [4.69, 9.17) is 5.73 Å². The van der Waals surface area contributed by atoms with Crippen LogP contribution in [0.3, 0.4) is 0 Å². The summed E-state index contributed by atoms with van der Waals surface area (Å²) in [5.74, 6) is 0. The van der Waals surface area contributed by atoms with E-state index < -0.39 is 10.0 Å². The first kappa shape index (κ1) is 16.1. The highest BCUT2D eigenvalue weighted by molar-refractivity contribution is 14.1. The quantitative estimate of drug-likeness (QED) is 0.779. The van der Waals surface area contributed by atoms with Crippen LogP contribution in [0.15, 0.2) is 29.2 Å². The van der Waals surface area contributed by atoms with Gasteiger partial charge in [-0.1, -0.05) is 6.07 Å². The van der Waals surface area contributed by atoms with E-state index in [1.807, 2.05) is 6.07 Å². The number of halogens is 2. The lowest BCUT2D eigenvalue weighted by atomic mass is 10.4. The van der Waals surface area contributed by atoms with E-state index in [9.17, 15) is 8.42 Å². The van der Waals surface area contributed by atoms with Crippen LogP contribution < -0.4 is 10.5 Å². The molecule has 92 valence electrons. The van der Waals surface area contributed by atoms with Crippen LogP contribution in [0.25, 0.3) is 0 Å². The molecule has 7 heteroatoms. The van der Waals surface area contributed by atoms with Gasteiger partial charge in [0, 0.05) is 16.2 Å². The van der Waals surface area contributed by atoms with Gasteiger partial charge < -0.3 is 5.73 Å². The number of nitrogens with one attached hydrogen (secondary N) is 1. The van der Waals surface area contributed by atoms with Crippen molar-refractivity contribution in [3.8, 4) is 0 Å². The van der Waals surface area contributed by atoms with Crippen molar-refractivity contribution in [2.75, 3.05) is 6.54 Å². The summed E-state index contributed by atoms with van der Waals surface area (Å²) >= 11 is 2.07. The Hall–Kier alpha value is 0.110. The third-order valence-corrected chi connectivity index (χ3v) is 4.07. The summed E-state index contributed by atoms with van der Waals surface area (Å²) in [4.78, 5) is 0.273. The van der Waals surface area contributed by atoms with Crippen LogP contribution in [-0.2, 0) is 10.0 Å². The predicted molar refractivity (Wildman–Crippen MR) is 75.2 cm³/mol. The average Bonchev–Trinajstić information content (AvgIpc) is 2.17. The van der Waals surface area contributed by atoms with Crippen LogP contribution in [0.5, 0.6) is 0 Å². The van der Waals surface area contributed by atoms with Crippen molar-refractivity contribution in [3.05, 3.63) is 27.8 Å². The van der Waals surface area contributed by atoms with Crippen molar-refractivity contribution in [2.24, 2.45) is 5.73 Å². The Balaban J connectivity index is 0.00000225. The van der Waals surface area contributed by atoms with E-state index in [-0.39, 0.29) is 29.9 Å². The van der Waals surface area contributed by atoms with Gasteiger partial charge in [-0.2, -0.15) is 0 Å². The van der Waals surface area contributed by atoms with Gasteiger partial charge in [0.25, 0.3) is 0 Å². The van der Waals surface area contributed by atoms with Gasteiger partial charge in [-0.05, 0) is 47.7 Å². The summed E-state index contributed by atoms with van der Waals surface area (Å²) in [7, 11) is -3.43. The standard InChI is InChI=1S/C9H13IN2O2S.ClH/c1-7(6-11)12-15(13,14)9-4-2-3-8(10)5-9;/h2-5,7,12H,6,11H2,1H3;1H/t7-;/m1./s1. The van der Waals surface area contributed by atoms with Gasteiger partial charge in [0.2, 0.25) is 10.0 Å². The molecule has 0 amide bonds. The van der Waals surface area contributed by atoms with Gasteiger partial charge in [0.15, 0.2) is 0 Å². The summed E-state index contributed by atoms with van der Waals surface area (Å²) in [5.41, 5.74) is 5.36. The molecule has 0 aromatic heterocycles. The number of rotatable bonds is 4. The Bertz CT molecular complexity index is 439. The largest absolute Gasteiger partial charge is 0.329 e. The highest BCUT2D eigenvalue weighted by atomic mass is 127. The molecule has 0 aliphatic rings. The second kappa shape index (κ2) is 6.75. The molecule has 0 saturated carbocycles. The maximum Gasteiger partial charge on any atom is 0.240 e. The Morgan fingerprint density at radius 1 is 1.50 bits per heavy atom. The fourth-order valence-electron chi connectivity index (χ4n) is 1.02. The molecule has 16 heavy (non-hydrogen) atoms. The molecule has 1 aromatic carbocycles. The van der Waals surface area contributed by atoms with Crippen molar-refractivity contribution < 1.29 is 8.42 Å². The van der Waals surface area contributed by atoms with Crippen LogP contribution in [0.1, 0.15) is 6.92 Å². The molecule has 4 nitrogen and oxygen atoms in total. The number of hydrogen-bond donors (Lipinski definition) is 2. The zero-order valence-electron chi connectivity index (χ0n) is 8.68. The minimum atomic E-state index is -3.43. The molecule has 1 aromatic rings. The second-order valence-electron chi connectivity index (χ2n) is 3.22. The minimum absolute atomic E-state index is 0. The highest BCUT2D eigenvalue weighted by Crippen LogP contribution is 2.13. The fraction of sp³-hybridized carbons (Fsp3) is 0.333. The topological polar surface area (TPSA) is 72.2 Å². The van der Waals surface area contributed by atoms with Gasteiger partial charge in [-0.25, -0.2) is 13.1 Å². The van der Waals surface area contributed by atoms with E-state index >= 15 is 0 Å². The van der Waals surface area contributed by atoms with E-state index in [0.29, 0.717) is 0 Å². The fourth-order valence-corrected chi connectivity index (χ4v) is 3.07. The summed E-state index contributed by atoms with van der Waals surface area (Å²) in [6.07, 6.45) is 0. The second-order valence-corrected chi connectivity index (χ2v) is 6.18. The lowest BCUT2D eigenvalue weighted by Crippen LogP contribution is -2.37. The summed E-state index contributed by atoms with van der Waals surface area (Å²) < 4.78 is 26.9. The molecular formula is C9H14ClIN2O2S. The summed E-state index contributed by atoms with van der Waals surface area (Å²) in [6.45, 7) is 2.01. The zero-order valence-corrected chi connectivity index (χ0v) is 12.5. The van der Waals surface area contributed by atoms with Gasteiger partial charge in [-0.15, -0.1) is 12.4 Å². The Kier molecular flexibility index (Phi) is 6.80. The molecule has 3 N–H and O–H groups in total. The lowest BCUT2D eigenvalue weighted by molar-refractivity contribution is 0.562. The SMILES string of the molecule is C[C@H](CN)NS(=O)(=O)c1cccc(I)c1.Cl. The molecule has 0 saturated heterocycles. The van der Waals surface area contributed by atoms with Gasteiger partial charge in [-0.3, -0.25) is 0 Å². The maximum absolute atomic E-state index is 11.8. The van der Waals surface area contributed by atoms with Gasteiger partial charge in [0.05, 0.1) is 4.90 Å². The third-order valence-electron chi connectivity index (χ3n) is 1.82. The zero-order chi connectivity index (χ0) is 11.5. The van der Waals surface area contributed by atoms with Crippen LogP contribution >= 0.6 is 35.0 Å². The Labute approximate surface area is 116 Å². The maximum atomic E-state index is 11.8. The Morgan fingerprint density at radius 2 is 2.12 bits per heavy atom. The minimum Gasteiger partial charge on any atom is -0.329 e. The van der Waals surface area contributed by atoms with Crippen LogP contribution in [0.2, 0.25) is 0 Å². The van der Waals surface area contributed by atoms with E-state index in [2.05, 4.69) is 27.3 Å². The number of nitrogens with two attached hydrogens (primary N) is 1. The molecule has 1 rings (SSSR count). The normalized spacial score (nSPS) is 12.9. The Morgan fingerprint density at radius 3 is 2.62 bits per heavy atom. The molecular weight excluding hydrogens is 363 g/mol. The molecule has 0 aliphatic carbocycles. The molecule has 0 aliphatic heterocycles. The predicted octanol–water partition coefficient (Wildman–Crippen LogP) is 1.34. The first-order chi connectivity index (χ1) is 6.95. The van der Waals surface area contributed by atoms with E-state index in [1.165, 1.54) is 0 Å². The molecule has 1 atom stereocenters. The van der Waals surface area contributed by atoms with Crippen molar-refractivity contribution in [1.29, 1.82) is 0 Å². The molecule has 0 unspecified atom stereocenters. The molecule has 0 bridgehead atoms. The smallest absolute Gasteiger partial charge is 0.240 e. The molecule has 0 heterocycles. The monoisotopic (exact) mass is 376 g/mol. The van der Waals surface area contributed by atoms with Crippen LogP contribution in [0, 0.1) is 3.57 Å². The van der Waals surface area contributed by atoms with Crippen molar-refractivity contribution >= 4 is 45.0 Å². The van der Waals surface area contributed by atoms with E-state index in [0.717, 1.165) is 3.57 Å². The van der Waals surface area contributed by atoms with Crippen LogP contribution in [-0.4, -0.2) is 21.0 Å². The first-order valence-corrected chi connectivity index (χ1v) is 7.00. The average molecular weight is 377 g/mol. The van der Waals surface area contributed by atoms with Crippen LogP contribution in [0.4, 0.5) is 0 Å². The molecule has 0 radical (unpaired) electrons. The van der Waals surface area contributed by atoms with E-state index in [1.54, 1.807) is 25.1 Å². The number of benzene rings is 1. The molecule has 0 spiro atoms. The number of hydrogen-bond acceptors (Lipinski definition) is 3. The number of sulfonamides is 1. The van der Waals surface area contributed by atoms with Gasteiger partial charge in [0.1, 0.15) is 0 Å². The third kappa shape index (κ3) is 4.54. The highest BCUT2D eigenvalue weighted by Gasteiger charge is 2.16. The lowest BCUT2D eigenvalue weighted by Gasteiger charge is -2.11. The van der Waals surface area contributed by atoms with Crippen molar-refractivity contribution in [1.82, 2.24) is 4.72 Å². The summed E-state index contributed by atoms with van der Waals surface area (Å²) in [6, 6.07) is 6.47. The van der Waals surface area contributed by atoms with Crippen molar-refractivity contribution in [2.45, 2.75) is 17.9 Å². The van der Waals surface area contributed by atoms with Crippen molar-refractivity contribution in [3.63, 3.8) is 0 Å².